The Balaban J connectivity index is 1.82. The Morgan fingerprint density at radius 2 is 2.37 bits per heavy atom. The molecule has 0 radical (unpaired) electrons. The Hall–Kier alpha value is -2.44. The number of fused-ring (bicyclic) bond motifs is 1. The predicted molar refractivity (Wildman–Crippen MR) is 64.0 cm³/mol. The van der Waals surface area contributed by atoms with Crippen LogP contribution in [0.1, 0.15) is 16.1 Å². The molecule has 0 fully saturated rings. The first kappa shape index (κ1) is 11.6. The summed E-state index contributed by atoms with van der Waals surface area (Å²) in [6, 6.07) is 3.39. The van der Waals surface area contributed by atoms with Crippen molar-refractivity contribution in [1.82, 2.24) is 20.1 Å². The Labute approximate surface area is 108 Å². The van der Waals surface area contributed by atoms with Gasteiger partial charge in [-0.1, -0.05) is 0 Å². The molecule has 0 atom stereocenters. The Morgan fingerprint density at radius 1 is 1.47 bits per heavy atom. The highest BCUT2D eigenvalue weighted by Gasteiger charge is 2.23. The molecule has 1 aliphatic rings. The number of amides is 1. The zero-order valence-electron chi connectivity index (χ0n) is 9.97. The number of aromatic nitrogens is 3. The molecule has 0 saturated carbocycles. The number of carbonyl (C=O) groups excluding carboxylic acids is 1. The van der Waals surface area contributed by atoms with Crippen molar-refractivity contribution in [3.8, 4) is 11.6 Å². The topological polar surface area (TPSA) is 69.0 Å². The van der Waals surface area contributed by atoms with Crippen LogP contribution in [0.15, 0.2) is 24.5 Å². The minimum absolute atomic E-state index is 0.0113. The van der Waals surface area contributed by atoms with E-state index in [1.54, 1.807) is 29.2 Å². The Morgan fingerprint density at radius 3 is 3.05 bits per heavy atom. The van der Waals surface area contributed by atoms with Crippen molar-refractivity contribution in [2.75, 3.05) is 13.3 Å². The van der Waals surface area contributed by atoms with Gasteiger partial charge in [-0.3, -0.25) is 4.79 Å². The molecule has 2 aromatic heterocycles. The normalized spacial score (nSPS) is 13.2. The van der Waals surface area contributed by atoms with Gasteiger partial charge < -0.3 is 10.1 Å². The molecule has 0 aromatic carbocycles. The molecule has 3 heterocycles. The van der Waals surface area contributed by atoms with Crippen LogP contribution in [-0.4, -0.2) is 34.0 Å². The van der Waals surface area contributed by atoms with Crippen LogP contribution >= 0.6 is 0 Å². The van der Waals surface area contributed by atoms with Gasteiger partial charge in [0.25, 0.3) is 5.91 Å². The molecule has 2 aromatic rings. The number of rotatable bonds is 4. The largest absolute Gasteiger partial charge is 0.475 e. The Kier molecular flexibility index (Phi) is 2.86. The van der Waals surface area contributed by atoms with E-state index in [1.807, 2.05) is 0 Å². The van der Waals surface area contributed by atoms with Gasteiger partial charge >= 0.3 is 0 Å². The SMILES string of the molecule is O=C1NCc2cn(-c3ccc(OCCF)nc3)nc21. The first-order chi connectivity index (χ1) is 9.28. The summed E-state index contributed by atoms with van der Waals surface area (Å²) in [6.07, 6.45) is 3.35. The average molecular weight is 262 g/mol. The van der Waals surface area contributed by atoms with E-state index in [-0.39, 0.29) is 12.5 Å². The second kappa shape index (κ2) is 4.68. The van der Waals surface area contributed by atoms with Crippen LogP contribution in [0.3, 0.4) is 0 Å². The summed E-state index contributed by atoms with van der Waals surface area (Å²) in [5, 5.41) is 6.89. The van der Waals surface area contributed by atoms with Crippen molar-refractivity contribution in [3.63, 3.8) is 0 Å². The number of nitrogens with zero attached hydrogens (tertiary/aromatic N) is 3. The van der Waals surface area contributed by atoms with E-state index in [4.69, 9.17) is 4.74 Å². The molecular weight excluding hydrogens is 251 g/mol. The van der Waals surface area contributed by atoms with Gasteiger partial charge in [-0.15, -0.1) is 0 Å². The van der Waals surface area contributed by atoms with Gasteiger partial charge in [-0.25, -0.2) is 14.1 Å². The highest BCUT2D eigenvalue weighted by Crippen LogP contribution is 2.17. The number of carbonyl (C=O) groups is 1. The fourth-order valence-corrected chi connectivity index (χ4v) is 1.86. The lowest BCUT2D eigenvalue weighted by Crippen LogP contribution is -2.15. The summed E-state index contributed by atoms with van der Waals surface area (Å²) in [7, 11) is 0. The minimum Gasteiger partial charge on any atom is -0.475 e. The van der Waals surface area contributed by atoms with Crippen LogP contribution in [0.25, 0.3) is 5.69 Å². The maximum Gasteiger partial charge on any atom is 0.272 e. The zero-order chi connectivity index (χ0) is 13.2. The standard InChI is InChI=1S/C12H11FN4O2/c13-3-4-19-10-2-1-9(6-14-10)17-7-8-5-15-12(18)11(8)16-17/h1-2,6-7H,3-5H2,(H,15,18). The van der Waals surface area contributed by atoms with E-state index >= 15 is 0 Å². The Bertz CT molecular complexity index is 609. The van der Waals surface area contributed by atoms with E-state index in [0.717, 1.165) is 11.3 Å². The quantitative estimate of drug-likeness (QED) is 0.887. The van der Waals surface area contributed by atoms with E-state index < -0.39 is 6.67 Å². The molecule has 98 valence electrons. The fourth-order valence-electron chi connectivity index (χ4n) is 1.86. The summed E-state index contributed by atoms with van der Waals surface area (Å²) in [6.45, 7) is -0.0632. The van der Waals surface area contributed by atoms with Crippen molar-refractivity contribution in [3.05, 3.63) is 35.8 Å². The van der Waals surface area contributed by atoms with E-state index in [9.17, 15) is 9.18 Å². The van der Waals surface area contributed by atoms with Gasteiger partial charge in [0, 0.05) is 24.4 Å². The second-order valence-electron chi connectivity index (χ2n) is 4.02. The van der Waals surface area contributed by atoms with E-state index in [2.05, 4.69) is 15.4 Å². The van der Waals surface area contributed by atoms with Crippen molar-refractivity contribution < 1.29 is 13.9 Å². The maximum absolute atomic E-state index is 11.9. The van der Waals surface area contributed by atoms with Gasteiger partial charge in [0.05, 0.1) is 11.9 Å². The fraction of sp³-hybridized carbons (Fsp3) is 0.250. The number of hydrogen-bond donors (Lipinski definition) is 1. The molecule has 0 aliphatic carbocycles. The first-order valence-electron chi connectivity index (χ1n) is 5.80. The van der Waals surface area contributed by atoms with E-state index in [0.29, 0.717) is 18.1 Å². The van der Waals surface area contributed by atoms with Crippen LogP contribution in [0.2, 0.25) is 0 Å². The highest BCUT2D eigenvalue weighted by molar-refractivity contribution is 5.96. The van der Waals surface area contributed by atoms with Gasteiger partial charge in [-0.2, -0.15) is 5.10 Å². The number of alkyl halides is 1. The van der Waals surface area contributed by atoms with Crippen molar-refractivity contribution in [2.24, 2.45) is 0 Å². The lowest BCUT2D eigenvalue weighted by molar-refractivity contribution is 0.0960. The van der Waals surface area contributed by atoms with Gasteiger partial charge in [0.15, 0.2) is 5.69 Å². The third-order valence-electron chi connectivity index (χ3n) is 2.76. The summed E-state index contributed by atoms with van der Waals surface area (Å²) in [5.74, 6) is 0.198. The lowest BCUT2D eigenvalue weighted by atomic mass is 10.3. The number of halogens is 1. The zero-order valence-corrected chi connectivity index (χ0v) is 9.97. The molecule has 0 spiro atoms. The number of ether oxygens (including phenoxy) is 1. The molecule has 1 aliphatic heterocycles. The molecule has 0 bridgehead atoms. The second-order valence-corrected chi connectivity index (χ2v) is 4.02. The number of hydrogen-bond acceptors (Lipinski definition) is 4. The third-order valence-corrected chi connectivity index (χ3v) is 2.76. The summed E-state index contributed by atoms with van der Waals surface area (Å²) in [4.78, 5) is 15.5. The molecule has 3 rings (SSSR count). The molecule has 0 unspecified atom stereocenters. The van der Waals surface area contributed by atoms with Crippen LogP contribution in [0.5, 0.6) is 5.88 Å². The number of pyridine rings is 1. The van der Waals surface area contributed by atoms with E-state index in [1.165, 1.54) is 0 Å². The molecule has 0 saturated heterocycles. The maximum atomic E-state index is 11.9. The summed E-state index contributed by atoms with van der Waals surface area (Å²) in [5.41, 5.74) is 2.02. The van der Waals surface area contributed by atoms with Gasteiger partial charge in [0.2, 0.25) is 5.88 Å². The van der Waals surface area contributed by atoms with Crippen molar-refractivity contribution >= 4 is 5.91 Å². The van der Waals surface area contributed by atoms with Crippen LogP contribution in [0.4, 0.5) is 4.39 Å². The molecule has 19 heavy (non-hydrogen) atoms. The van der Waals surface area contributed by atoms with Crippen LogP contribution in [-0.2, 0) is 6.54 Å². The van der Waals surface area contributed by atoms with Gasteiger partial charge in [0.1, 0.15) is 13.3 Å². The predicted octanol–water partition coefficient (Wildman–Crippen LogP) is 0.859. The monoisotopic (exact) mass is 262 g/mol. The van der Waals surface area contributed by atoms with Gasteiger partial charge in [-0.05, 0) is 6.07 Å². The van der Waals surface area contributed by atoms with Crippen molar-refractivity contribution in [1.29, 1.82) is 0 Å². The smallest absolute Gasteiger partial charge is 0.272 e. The minimum atomic E-state index is -0.551. The molecule has 1 amide bonds. The molecule has 6 nitrogen and oxygen atoms in total. The molecular formula is C12H11FN4O2. The lowest BCUT2D eigenvalue weighted by Gasteiger charge is -2.04. The molecule has 1 N–H and O–H groups in total. The third kappa shape index (κ3) is 2.14. The molecule has 7 heteroatoms. The summed E-state index contributed by atoms with van der Waals surface area (Å²) < 4.78 is 18.6. The average Bonchev–Trinajstić information content (AvgIpc) is 3.00. The summed E-state index contributed by atoms with van der Waals surface area (Å²) >= 11 is 0. The number of nitrogens with one attached hydrogen (secondary N) is 1. The van der Waals surface area contributed by atoms with Crippen LogP contribution < -0.4 is 10.1 Å². The first-order valence-corrected chi connectivity index (χ1v) is 5.80. The van der Waals surface area contributed by atoms with Crippen molar-refractivity contribution in [2.45, 2.75) is 6.54 Å². The highest BCUT2D eigenvalue weighted by atomic mass is 19.1. The van der Waals surface area contributed by atoms with Crippen LogP contribution in [0, 0.1) is 0 Å².